The van der Waals surface area contributed by atoms with E-state index in [1.54, 1.807) is 12.1 Å². The summed E-state index contributed by atoms with van der Waals surface area (Å²) in [5.74, 6) is 1.29. The molecule has 4 aromatic rings. The molecule has 0 saturated heterocycles. The molecule has 29 heavy (non-hydrogen) atoms. The van der Waals surface area contributed by atoms with Crippen LogP contribution < -0.4 is 10.6 Å². The Hall–Kier alpha value is -4.01. The minimum atomic E-state index is -0.415. The van der Waals surface area contributed by atoms with Gasteiger partial charge in [0.15, 0.2) is 11.5 Å². The van der Waals surface area contributed by atoms with Crippen molar-refractivity contribution in [2.24, 2.45) is 0 Å². The van der Waals surface area contributed by atoms with Crippen molar-refractivity contribution in [3.8, 4) is 0 Å². The number of hydrogen-bond donors (Lipinski definition) is 3. The lowest BCUT2D eigenvalue weighted by atomic mass is 10.1. The van der Waals surface area contributed by atoms with Gasteiger partial charge in [0, 0.05) is 24.7 Å². The van der Waals surface area contributed by atoms with Crippen molar-refractivity contribution >= 4 is 28.4 Å². The van der Waals surface area contributed by atoms with Crippen molar-refractivity contribution in [2.45, 2.75) is 19.5 Å². The summed E-state index contributed by atoms with van der Waals surface area (Å²) >= 11 is 0. The topological polar surface area (TPSA) is 122 Å². The molecule has 0 aliphatic rings. The van der Waals surface area contributed by atoms with E-state index < -0.39 is 4.92 Å². The molecule has 2 aromatic heterocycles. The van der Waals surface area contributed by atoms with Crippen LogP contribution in [0.3, 0.4) is 0 Å². The number of hydrogen-bond acceptors (Lipinski definition) is 7. The van der Waals surface area contributed by atoms with Gasteiger partial charge in [-0.15, -0.1) is 0 Å². The molecule has 0 aliphatic heterocycles. The first-order valence-electron chi connectivity index (χ1n) is 9.09. The van der Waals surface area contributed by atoms with Gasteiger partial charge in [0.2, 0.25) is 0 Å². The van der Waals surface area contributed by atoms with Gasteiger partial charge >= 0.3 is 0 Å². The van der Waals surface area contributed by atoms with Crippen LogP contribution in [0.2, 0.25) is 0 Å². The van der Waals surface area contributed by atoms with E-state index in [9.17, 15) is 10.1 Å². The number of nitro benzene ring substituents is 1. The Morgan fingerprint density at radius 1 is 1.07 bits per heavy atom. The summed E-state index contributed by atoms with van der Waals surface area (Å²) in [6, 6.07) is 16.5. The number of anilines is 2. The molecular formula is C20H19N7O2. The highest BCUT2D eigenvalue weighted by molar-refractivity contribution is 5.96. The molecule has 0 amide bonds. The van der Waals surface area contributed by atoms with E-state index in [-0.39, 0.29) is 11.7 Å². The standard InChI is InChI=1S/C20H19N7O2/c1-13(15-5-3-2-4-6-15)24-18-17-19(25-26-20(17)23-12-22-18)21-11-14-7-9-16(10-8-14)27(28)29/h2-10,12-13H,11H2,1H3,(H3,21,22,23,24,25,26)/t13-/m1/s1. The maximum atomic E-state index is 10.8. The first kappa shape index (κ1) is 18.4. The Kier molecular flexibility index (Phi) is 5.02. The molecule has 4 rings (SSSR count). The van der Waals surface area contributed by atoms with Gasteiger partial charge in [-0.05, 0) is 18.1 Å². The zero-order valence-corrected chi connectivity index (χ0v) is 15.7. The van der Waals surface area contributed by atoms with Crippen LogP contribution in [0, 0.1) is 10.1 Å². The number of nitrogens with zero attached hydrogens (tertiary/aromatic N) is 4. The second kappa shape index (κ2) is 7.93. The lowest BCUT2D eigenvalue weighted by molar-refractivity contribution is -0.384. The molecule has 0 fully saturated rings. The third-order valence-corrected chi connectivity index (χ3v) is 4.62. The number of benzene rings is 2. The zero-order chi connectivity index (χ0) is 20.2. The average molecular weight is 389 g/mol. The fraction of sp³-hybridized carbons (Fsp3) is 0.150. The van der Waals surface area contributed by atoms with Gasteiger partial charge in [0.1, 0.15) is 17.5 Å². The Morgan fingerprint density at radius 3 is 2.55 bits per heavy atom. The van der Waals surface area contributed by atoms with E-state index >= 15 is 0 Å². The molecule has 1 atom stereocenters. The predicted molar refractivity (Wildman–Crippen MR) is 111 cm³/mol. The second-order valence-electron chi connectivity index (χ2n) is 6.57. The monoisotopic (exact) mass is 389 g/mol. The normalized spacial score (nSPS) is 11.9. The molecule has 0 radical (unpaired) electrons. The quantitative estimate of drug-likeness (QED) is 0.322. The largest absolute Gasteiger partial charge is 0.364 e. The molecule has 0 spiro atoms. The van der Waals surface area contributed by atoms with E-state index in [1.165, 1.54) is 18.5 Å². The van der Waals surface area contributed by atoms with E-state index in [4.69, 9.17) is 0 Å². The predicted octanol–water partition coefficient (Wildman–Crippen LogP) is 4.05. The number of aromatic nitrogens is 4. The molecule has 146 valence electrons. The summed E-state index contributed by atoms with van der Waals surface area (Å²) in [7, 11) is 0. The van der Waals surface area contributed by atoms with Crippen molar-refractivity contribution in [3.05, 3.63) is 82.2 Å². The minimum Gasteiger partial charge on any atom is -0.364 e. The number of non-ortho nitro benzene ring substituents is 1. The van der Waals surface area contributed by atoms with Gasteiger partial charge in [-0.1, -0.05) is 42.5 Å². The number of aromatic amines is 1. The van der Waals surface area contributed by atoms with Crippen LogP contribution in [-0.4, -0.2) is 25.1 Å². The van der Waals surface area contributed by atoms with Crippen LogP contribution >= 0.6 is 0 Å². The van der Waals surface area contributed by atoms with Crippen LogP contribution in [0.25, 0.3) is 11.0 Å². The van der Waals surface area contributed by atoms with Crippen LogP contribution in [0.1, 0.15) is 24.1 Å². The summed E-state index contributed by atoms with van der Waals surface area (Å²) < 4.78 is 0. The summed E-state index contributed by atoms with van der Waals surface area (Å²) in [5.41, 5.74) is 2.72. The van der Waals surface area contributed by atoms with E-state index in [0.717, 1.165) is 16.5 Å². The van der Waals surface area contributed by atoms with Crippen molar-refractivity contribution in [1.29, 1.82) is 0 Å². The Balaban J connectivity index is 1.55. The summed E-state index contributed by atoms with van der Waals surface area (Å²) in [6.45, 7) is 2.52. The molecule has 2 heterocycles. The highest BCUT2D eigenvalue weighted by Gasteiger charge is 2.15. The molecule has 2 aromatic carbocycles. The summed E-state index contributed by atoms with van der Waals surface area (Å²) in [5, 5.41) is 25.4. The third-order valence-electron chi connectivity index (χ3n) is 4.62. The van der Waals surface area contributed by atoms with Crippen LogP contribution in [-0.2, 0) is 6.54 Å². The van der Waals surface area contributed by atoms with Gasteiger partial charge in [-0.3, -0.25) is 15.2 Å². The highest BCUT2D eigenvalue weighted by atomic mass is 16.6. The lowest BCUT2D eigenvalue weighted by Crippen LogP contribution is -2.09. The first-order chi connectivity index (χ1) is 14.1. The molecular weight excluding hydrogens is 370 g/mol. The molecule has 0 aliphatic carbocycles. The molecule has 0 saturated carbocycles. The summed E-state index contributed by atoms with van der Waals surface area (Å²) in [4.78, 5) is 19.0. The molecule has 0 unspecified atom stereocenters. The number of H-pyrrole nitrogens is 1. The van der Waals surface area contributed by atoms with Gasteiger partial charge in [-0.2, -0.15) is 5.10 Å². The van der Waals surface area contributed by atoms with E-state index in [0.29, 0.717) is 23.8 Å². The molecule has 3 N–H and O–H groups in total. The van der Waals surface area contributed by atoms with Crippen molar-refractivity contribution in [1.82, 2.24) is 20.2 Å². The van der Waals surface area contributed by atoms with E-state index in [1.807, 2.05) is 18.2 Å². The lowest BCUT2D eigenvalue weighted by Gasteiger charge is -2.15. The van der Waals surface area contributed by atoms with Gasteiger partial charge in [0.05, 0.1) is 4.92 Å². The smallest absolute Gasteiger partial charge is 0.269 e. The van der Waals surface area contributed by atoms with Crippen LogP contribution in [0.5, 0.6) is 0 Å². The summed E-state index contributed by atoms with van der Waals surface area (Å²) in [6.07, 6.45) is 1.49. The van der Waals surface area contributed by atoms with Gasteiger partial charge < -0.3 is 10.6 Å². The minimum absolute atomic E-state index is 0.0479. The number of rotatable bonds is 7. The highest BCUT2D eigenvalue weighted by Crippen LogP contribution is 2.28. The van der Waals surface area contributed by atoms with Crippen LogP contribution in [0.15, 0.2) is 60.9 Å². The van der Waals surface area contributed by atoms with Crippen molar-refractivity contribution in [2.75, 3.05) is 10.6 Å². The van der Waals surface area contributed by atoms with Crippen molar-refractivity contribution in [3.63, 3.8) is 0 Å². The fourth-order valence-corrected chi connectivity index (χ4v) is 3.05. The molecule has 9 heteroatoms. The Labute approximate surface area is 166 Å². The Morgan fingerprint density at radius 2 is 1.83 bits per heavy atom. The molecule has 0 bridgehead atoms. The van der Waals surface area contributed by atoms with Crippen LogP contribution in [0.4, 0.5) is 17.3 Å². The van der Waals surface area contributed by atoms with Gasteiger partial charge in [0.25, 0.3) is 5.69 Å². The van der Waals surface area contributed by atoms with Crippen molar-refractivity contribution < 1.29 is 4.92 Å². The number of fused-ring (bicyclic) bond motifs is 1. The first-order valence-corrected chi connectivity index (χ1v) is 9.09. The number of nitro groups is 1. The third kappa shape index (κ3) is 3.98. The fourth-order valence-electron chi connectivity index (χ4n) is 3.05. The van der Waals surface area contributed by atoms with Gasteiger partial charge in [-0.25, -0.2) is 9.97 Å². The average Bonchev–Trinajstić information content (AvgIpc) is 3.17. The SMILES string of the molecule is C[C@@H](Nc1ncnc2[nH]nc(NCc3ccc([N+](=O)[O-])cc3)c12)c1ccccc1. The second-order valence-corrected chi connectivity index (χ2v) is 6.57. The maximum absolute atomic E-state index is 10.8. The van der Waals surface area contributed by atoms with E-state index in [2.05, 4.69) is 49.9 Å². The number of nitrogens with one attached hydrogen (secondary N) is 3. The maximum Gasteiger partial charge on any atom is 0.269 e. The Bertz CT molecular complexity index is 1130. The molecule has 9 nitrogen and oxygen atoms in total. The zero-order valence-electron chi connectivity index (χ0n) is 15.7.